The van der Waals surface area contributed by atoms with Crippen LogP contribution in [0.4, 0.5) is 34.1 Å². The van der Waals surface area contributed by atoms with E-state index in [2.05, 4.69) is 219 Å². The van der Waals surface area contributed by atoms with Crippen LogP contribution in [0.5, 0.6) is 0 Å². The molecule has 0 aromatic heterocycles. The summed E-state index contributed by atoms with van der Waals surface area (Å²) >= 11 is 0. The lowest BCUT2D eigenvalue weighted by Crippen LogP contribution is -2.15. The average molecular weight is 765 g/mol. The fraction of sp³-hybridized carbons (Fsp3) is 0.123. The second-order valence-electron chi connectivity index (χ2n) is 14.7. The molecule has 0 saturated heterocycles. The van der Waals surface area contributed by atoms with Crippen molar-refractivity contribution in [2.75, 3.05) is 9.80 Å². The molecule has 0 aliphatic carbocycles. The van der Waals surface area contributed by atoms with Crippen molar-refractivity contribution in [3.8, 4) is 0 Å². The van der Waals surface area contributed by atoms with E-state index in [4.69, 9.17) is 0 Å². The molecule has 10 aromatic carbocycles. The minimum absolute atomic E-state index is 1.12. The van der Waals surface area contributed by atoms with E-state index in [1.54, 1.807) is 0 Å². The summed E-state index contributed by atoms with van der Waals surface area (Å²) < 4.78 is 0. The summed E-state index contributed by atoms with van der Waals surface area (Å²) in [5.74, 6) is 0. The topological polar surface area (TPSA) is 6.48 Å². The number of hydrogen-bond donors (Lipinski definition) is 0. The van der Waals surface area contributed by atoms with Gasteiger partial charge in [-0.2, -0.15) is 0 Å². The number of anilines is 6. The molecule has 290 valence electrons. The summed E-state index contributed by atoms with van der Waals surface area (Å²) in [6, 6.07) is 69.1. The number of aryl methyl sites for hydroxylation is 3. The van der Waals surface area contributed by atoms with Crippen molar-refractivity contribution in [3.63, 3.8) is 0 Å². The van der Waals surface area contributed by atoms with Gasteiger partial charge in [-0.05, 0) is 103 Å². The minimum Gasteiger partial charge on any atom is -0.309 e. The van der Waals surface area contributed by atoms with Gasteiger partial charge in [0.1, 0.15) is 0 Å². The molecule has 0 saturated carbocycles. The van der Waals surface area contributed by atoms with Gasteiger partial charge in [0.15, 0.2) is 0 Å². The van der Waals surface area contributed by atoms with Gasteiger partial charge in [0, 0.05) is 49.1 Å². The van der Waals surface area contributed by atoms with Gasteiger partial charge in [-0.3, -0.25) is 0 Å². The lowest BCUT2D eigenvalue weighted by Gasteiger charge is -2.34. The summed E-state index contributed by atoms with van der Waals surface area (Å²) in [5.41, 5.74) is 10.7. The number of hydrogen-bond acceptors (Lipinski definition) is 2. The van der Waals surface area contributed by atoms with Crippen molar-refractivity contribution in [2.24, 2.45) is 0 Å². The Morgan fingerprint density at radius 2 is 0.712 bits per heavy atom. The van der Waals surface area contributed by atoms with Gasteiger partial charge in [0.05, 0.1) is 22.7 Å². The largest absolute Gasteiger partial charge is 0.309 e. The normalized spacial score (nSPS) is 11.0. The maximum Gasteiger partial charge on any atom is 0.0620 e. The minimum atomic E-state index is 1.12. The second kappa shape index (κ2) is 16.9. The van der Waals surface area contributed by atoms with E-state index in [1.807, 2.05) is 27.7 Å². The molecule has 0 aliphatic rings. The SMILES string of the molecule is CC.CC.Cc1ccc2c(N(c3ccccc3)c3c4ccccc4cc4ccccc34)c3cc(C)c(C)cc3c(N(c3ccccc3)c3cccc4ccccc34)c2c1. The maximum atomic E-state index is 2.55. The van der Waals surface area contributed by atoms with Crippen LogP contribution in [0.3, 0.4) is 0 Å². The molecule has 0 heterocycles. The van der Waals surface area contributed by atoms with Crippen LogP contribution < -0.4 is 9.80 Å². The Labute approximate surface area is 349 Å². The zero-order chi connectivity index (χ0) is 41.0. The van der Waals surface area contributed by atoms with Crippen LogP contribution in [0, 0.1) is 20.8 Å². The standard InChI is InChI=1S/C53H40N2.2C2H6/c1-35-29-30-46-47(31-35)53(54(41-21-6-4-7-22-41)50-28-16-20-38-17-10-13-25-43(38)50)49-33-37(3)36(2)32-48(49)52(46)55(42-23-8-5-9-24-42)51-44-26-14-11-18-39(44)34-40-19-12-15-27-45(40)51;2*1-2/h4-34H,1-3H3;2*1-2H3. The molecular weight excluding hydrogens is 713 g/mol. The van der Waals surface area contributed by atoms with Gasteiger partial charge >= 0.3 is 0 Å². The summed E-state index contributed by atoms with van der Waals surface area (Å²) in [4.78, 5) is 5.05. The van der Waals surface area contributed by atoms with Gasteiger partial charge in [0.25, 0.3) is 0 Å². The zero-order valence-electron chi connectivity index (χ0n) is 35.3. The molecule has 0 atom stereocenters. The van der Waals surface area contributed by atoms with E-state index in [9.17, 15) is 0 Å². The van der Waals surface area contributed by atoms with E-state index < -0.39 is 0 Å². The highest BCUT2D eigenvalue weighted by atomic mass is 15.2. The van der Waals surface area contributed by atoms with Crippen molar-refractivity contribution >= 4 is 88.0 Å². The first-order chi connectivity index (χ1) is 29.0. The molecule has 0 spiro atoms. The molecule has 10 rings (SSSR count). The fourth-order valence-electron chi connectivity index (χ4n) is 8.59. The Balaban J connectivity index is 0.00000118. The predicted molar refractivity (Wildman–Crippen MR) is 260 cm³/mol. The summed E-state index contributed by atoms with van der Waals surface area (Å²) in [6.45, 7) is 14.7. The van der Waals surface area contributed by atoms with Crippen molar-refractivity contribution in [2.45, 2.75) is 48.5 Å². The second-order valence-corrected chi connectivity index (χ2v) is 14.7. The molecule has 2 nitrogen and oxygen atoms in total. The van der Waals surface area contributed by atoms with Crippen molar-refractivity contribution in [1.29, 1.82) is 0 Å². The van der Waals surface area contributed by atoms with Crippen molar-refractivity contribution in [3.05, 3.63) is 205 Å². The molecular formula is C57H52N2. The lowest BCUT2D eigenvalue weighted by atomic mass is 9.91. The predicted octanol–water partition coefficient (Wildman–Crippen LogP) is 17.4. The number of fused-ring (bicyclic) bond motifs is 5. The van der Waals surface area contributed by atoms with Crippen LogP contribution in [0.25, 0.3) is 53.9 Å². The average Bonchev–Trinajstić information content (AvgIpc) is 3.29. The third-order valence-corrected chi connectivity index (χ3v) is 11.3. The maximum absolute atomic E-state index is 2.55. The number of nitrogens with zero attached hydrogens (tertiary/aromatic N) is 2. The Bertz CT molecular complexity index is 3010. The van der Waals surface area contributed by atoms with Crippen LogP contribution in [0.1, 0.15) is 44.4 Å². The highest BCUT2D eigenvalue weighted by Gasteiger charge is 2.28. The molecule has 2 heteroatoms. The Morgan fingerprint density at radius 3 is 1.29 bits per heavy atom. The lowest BCUT2D eigenvalue weighted by molar-refractivity contribution is 1.30. The molecule has 0 fully saturated rings. The van der Waals surface area contributed by atoms with Crippen LogP contribution in [0.15, 0.2) is 188 Å². The van der Waals surface area contributed by atoms with E-state index in [0.29, 0.717) is 0 Å². The number of benzene rings is 10. The van der Waals surface area contributed by atoms with Gasteiger partial charge in [0.2, 0.25) is 0 Å². The van der Waals surface area contributed by atoms with Crippen LogP contribution >= 0.6 is 0 Å². The molecule has 0 amide bonds. The Kier molecular flexibility index (Phi) is 11.2. The highest BCUT2D eigenvalue weighted by molar-refractivity contribution is 6.26. The van der Waals surface area contributed by atoms with Crippen LogP contribution in [0.2, 0.25) is 0 Å². The van der Waals surface area contributed by atoms with E-state index in [1.165, 1.54) is 87.6 Å². The highest BCUT2D eigenvalue weighted by Crippen LogP contribution is 2.54. The van der Waals surface area contributed by atoms with Crippen LogP contribution in [-0.4, -0.2) is 0 Å². The quantitative estimate of drug-likeness (QED) is 0.123. The van der Waals surface area contributed by atoms with Gasteiger partial charge in [-0.1, -0.05) is 167 Å². The van der Waals surface area contributed by atoms with Crippen molar-refractivity contribution in [1.82, 2.24) is 0 Å². The number of rotatable bonds is 6. The number of para-hydroxylation sites is 2. The molecule has 0 radical (unpaired) electrons. The van der Waals surface area contributed by atoms with Gasteiger partial charge < -0.3 is 9.80 Å². The molecule has 0 unspecified atom stereocenters. The Morgan fingerprint density at radius 1 is 0.288 bits per heavy atom. The molecule has 10 aromatic rings. The molecule has 0 N–H and O–H groups in total. The monoisotopic (exact) mass is 764 g/mol. The van der Waals surface area contributed by atoms with E-state index in [0.717, 1.165) is 17.1 Å². The summed E-state index contributed by atoms with van der Waals surface area (Å²) in [7, 11) is 0. The summed E-state index contributed by atoms with van der Waals surface area (Å²) in [6.07, 6.45) is 0. The smallest absolute Gasteiger partial charge is 0.0620 e. The van der Waals surface area contributed by atoms with Gasteiger partial charge in [-0.25, -0.2) is 0 Å². The van der Waals surface area contributed by atoms with Crippen molar-refractivity contribution < 1.29 is 0 Å². The first kappa shape index (κ1) is 38.9. The first-order valence-electron chi connectivity index (χ1n) is 21.1. The molecule has 0 bridgehead atoms. The van der Waals surface area contributed by atoms with Crippen LogP contribution in [-0.2, 0) is 0 Å². The Hall–Kier alpha value is -6.90. The van der Waals surface area contributed by atoms with E-state index >= 15 is 0 Å². The summed E-state index contributed by atoms with van der Waals surface area (Å²) in [5, 5.41) is 12.1. The van der Waals surface area contributed by atoms with Gasteiger partial charge in [-0.15, -0.1) is 0 Å². The first-order valence-corrected chi connectivity index (χ1v) is 21.1. The third-order valence-electron chi connectivity index (χ3n) is 11.3. The fourth-order valence-corrected chi connectivity index (χ4v) is 8.59. The van der Waals surface area contributed by atoms with E-state index in [-0.39, 0.29) is 0 Å². The molecule has 0 aliphatic heterocycles. The zero-order valence-corrected chi connectivity index (χ0v) is 35.3. The third kappa shape index (κ3) is 6.95. The molecule has 59 heavy (non-hydrogen) atoms.